The molecule has 4 aromatic heterocycles. The largest absolute Gasteiger partial charge is 0.134 e. The van der Waals surface area contributed by atoms with Crippen molar-refractivity contribution in [2.45, 2.75) is 12.8 Å². The van der Waals surface area contributed by atoms with E-state index in [1.807, 2.05) is 57.5 Å². The summed E-state index contributed by atoms with van der Waals surface area (Å²) in [6, 6.07) is 35.7. The highest BCUT2D eigenvalue weighted by molar-refractivity contribution is 7.29. The molecule has 0 bridgehead atoms. The van der Waals surface area contributed by atoms with Gasteiger partial charge < -0.3 is 0 Å². The van der Waals surface area contributed by atoms with Crippen LogP contribution in [0.1, 0.15) is 11.1 Å². The van der Waals surface area contributed by atoms with Gasteiger partial charge in [0.05, 0.1) is 0 Å². The van der Waals surface area contributed by atoms with Crippen LogP contribution < -0.4 is 0 Å². The Labute approximate surface area is 240 Å². The van der Waals surface area contributed by atoms with E-state index in [1.54, 1.807) is 0 Å². The van der Waals surface area contributed by atoms with Crippen molar-refractivity contribution in [2.24, 2.45) is 0 Å². The minimum atomic E-state index is 0.913. The summed E-state index contributed by atoms with van der Waals surface area (Å²) in [6.07, 6.45) is 5.73. The maximum atomic E-state index is 3.84. The Kier molecular flexibility index (Phi) is 7.39. The summed E-state index contributed by atoms with van der Waals surface area (Å²) in [4.78, 5) is 10.6. The van der Waals surface area contributed by atoms with Gasteiger partial charge in [0.2, 0.25) is 0 Å². The van der Waals surface area contributed by atoms with Crippen molar-refractivity contribution in [2.75, 3.05) is 0 Å². The van der Waals surface area contributed by atoms with Gasteiger partial charge in [-0.15, -0.1) is 58.5 Å². The number of rotatable bonds is 9. The fourth-order valence-electron chi connectivity index (χ4n) is 4.40. The highest BCUT2D eigenvalue weighted by Crippen LogP contribution is 2.44. The molecular weight excluding hydrogens is 537 g/mol. The van der Waals surface area contributed by atoms with Crippen LogP contribution in [0.5, 0.6) is 0 Å². The summed E-state index contributed by atoms with van der Waals surface area (Å²) in [5.41, 5.74) is 5.15. The Morgan fingerprint density at radius 1 is 0.368 bits per heavy atom. The van der Waals surface area contributed by atoms with E-state index in [2.05, 4.69) is 110 Å². The molecule has 2 aromatic carbocycles. The molecule has 6 rings (SSSR count). The van der Waals surface area contributed by atoms with Gasteiger partial charge in [-0.3, -0.25) is 0 Å². The molecule has 6 aromatic rings. The van der Waals surface area contributed by atoms with E-state index in [9.17, 15) is 0 Å². The monoisotopic (exact) mass is 562 g/mol. The van der Waals surface area contributed by atoms with Gasteiger partial charge in [0.15, 0.2) is 0 Å². The van der Waals surface area contributed by atoms with Gasteiger partial charge in [-0.05, 0) is 83.6 Å². The first kappa shape index (κ1) is 25.0. The van der Waals surface area contributed by atoms with Crippen LogP contribution in [0.25, 0.3) is 50.1 Å². The highest BCUT2D eigenvalue weighted by atomic mass is 32.1. The van der Waals surface area contributed by atoms with Crippen molar-refractivity contribution in [3.05, 3.63) is 133 Å². The Morgan fingerprint density at radius 3 is 0.921 bits per heavy atom. The summed E-state index contributed by atoms with van der Waals surface area (Å²) < 4.78 is 0. The smallest absolute Gasteiger partial charge is 0.0449 e. The molecule has 4 heteroatoms. The average Bonchev–Trinajstić information content (AvgIpc) is 3.75. The lowest BCUT2D eigenvalue weighted by Gasteiger charge is -2.00. The molecule has 0 spiro atoms. The number of benzene rings is 2. The SMILES string of the molecule is C=CCc1ccc(-c2ccc(-c3ccc(-c4ccc(-c5ccc(-c6ccc(CC=C)cc6)s5)s4)s3)s2)cc1. The van der Waals surface area contributed by atoms with E-state index in [1.165, 1.54) is 61.3 Å². The number of allylic oxidation sites excluding steroid dienone is 2. The van der Waals surface area contributed by atoms with E-state index in [0.717, 1.165) is 12.8 Å². The molecule has 0 radical (unpaired) electrons. The fourth-order valence-corrected chi connectivity index (χ4v) is 8.71. The predicted molar refractivity (Wildman–Crippen MR) is 173 cm³/mol. The molecular formula is C34H26S4. The molecule has 186 valence electrons. The minimum Gasteiger partial charge on any atom is -0.134 e. The van der Waals surface area contributed by atoms with Gasteiger partial charge >= 0.3 is 0 Å². The third kappa shape index (κ3) is 5.31. The molecule has 0 N–H and O–H groups in total. The Morgan fingerprint density at radius 2 is 0.632 bits per heavy atom. The van der Waals surface area contributed by atoms with Gasteiger partial charge in [-0.25, -0.2) is 0 Å². The standard InChI is InChI=1S/C34H26S4/c1-3-5-23-7-11-25(12-8-23)27-15-17-29(35-27)31-19-21-33(37-31)34-22-20-32(38-34)30-18-16-28(36-30)26-13-9-24(6-4-2)10-14-26/h3-4,7-22H,1-2,5-6H2. The molecule has 4 heterocycles. The number of thiophene rings is 4. The van der Waals surface area contributed by atoms with Crippen molar-refractivity contribution in [3.63, 3.8) is 0 Å². The lowest BCUT2D eigenvalue weighted by molar-refractivity contribution is 1.28. The normalized spacial score (nSPS) is 11.1. The van der Waals surface area contributed by atoms with E-state index < -0.39 is 0 Å². The van der Waals surface area contributed by atoms with Crippen molar-refractivity contribution in [1.29, 1.82) is 0 Å². The molecule has 0 fully saturated rings. The van der Waals surface area contributed by atoms with Crippen LogP contribution in [-0.4, -0.2) is 0 Å². The molecule has 0 nitrogen and oxygen atoms in total. The number of hydrogen-bond donors (Lipinski definition) is 0. The molecule has 0 aliphatic rings. The molecule has 0 atom stereocenters. The van der Waals surface area contributed by atoms with Crippen LogP contribution in [-0.2, 0) is 12.8 Å². The fraction of sp³-hybridized carbons (Fsp3) is 0.0588. The van der Waals surface area contributed by atoms with Crippen LogP contribution in [0.15, 0.2) is 122 Å². The van der Waals surface area contributed by atoms with Crippen molar-refractivity contribution >= 4 is 45.3 Å². The van der Waals surface area contributed by atoms with Gasteiger partial charge in [-0.1, -0.05) is 60.7 Å². The molecule has 0 aliphatic carbocycles. The average molecular weight is 563 g/mol. The second-order valence-corrected chi connectivity index (χ2v) is 13.4. The van der Waals surface area contributed by atoms with Crippen LogP contribution in [0.3, 0.4) is 0 Å². The third-order valence-electron chi connectivity index (χ3n) is 6.39. The van der Waals surface area contributed by atoms with Crippen molar-refractivity contribution in [3.8, 4) is 50.1 Å². The van der Waals surface area contributed by atoms with Crippen LogP contribution in [0, 0.1) is 0 Å². The zero-order valence-corrected chi connectivity index (χ0v) is 24.1. The summed E-state index contributed by atoms with van der Waals surface area (Å²) in [6.45, 7) is 7.67. The second kappa shape index (κ2) is 11.2. The molecule has 0 saturated heterocycles. The number of hydrogen-bond acceptors (Lipinski definition) is 4. The topological polar surface area (TPSA) is 0 Å². The van der Waals surface area contributed by atoms with Gasteiger partial charge in [0, 0.05) is 39.0 Å². The molecule has 38 heavy (non-hydrogen) atoms. The predicted octanol–water partition coefficient (Wildman–Crippen LogP) is 11.7. The Balaban J connectivity index is 1.18. The summed E-state index contributed by atoms with van der Waals surface area (Å²) in [7, 11) is 0. The molecule has 0 saturated carbocycles. The quantitative estimate of drug-likeness (QED) is 0.154. The highest BCUT2D eigenvalue weighted by Gasteiger charge is 2.13. The minimum absolute atomic E-state index is 0.913. The van der Waals surface area contributed by atoms with Crippen molar-refractivity contribution in [1.82, 2.24) is 0 Å². The molecule has 0 amide bonds. The summed E-state index contributed by atoms with van der Waals surface area (Å²) in [5.74, 6) is 0. The zero-order valence-electron chi connectivity index (χ0n) is 20.9. The van der Waals surface area contributed by atoms with Crippen LogP contribution in [0.4, 0.5) is 0 Å². The second-order valence-electron chi connectivity index (χ2n) is 9.04. The van der Waals surface area contributed by atoms with E-state index >= 15 is 0 Å². The Hall–Kier alpha value is -3.28. The van der Waals surface area contributed by atoms with Crippen LogP contribution in [0.2, 0.25) is 0 Å². The maximum Gasteiger partial charge on any atom is 0.0449 e. The molecule has 0 unspecified atom stereocenters. The zero-order chi connectivity index (χ0) is 25.9. The first-order valence-electron chi connectivity index (χ1n) is 12.5. The van der Waals surface area contributed by atoms with Gasteiger partial charge in [-0.2, -0.15) is 0 Å². The maximum absolute atomic E-state index is 3.84. The van der Waals surface area contributed by atoms with Crippen LogP contribution >= 0.6 is 45.3 Å². The summed E-state index contributed by atoms with van der Waals surface area (Å²) >= 11 is 7.48. The Bertz CT molecular complexity index is 1560. The lowest BCUT2D eigenvalue weighted by Crippen LogP contribution is -1.79. The third-order valence-corrected chi connectivity index (χ3v) is 11.4. The van der Waals surface area contributed by atoms with Gasteiger partial charge in [0.1, 0.15) is 0 Å². The van der Waals surface area contributed by atoms with E-state index in [0.29, 0.717) is 0 Å². The van der Waals surface area contributed by atoms with Gasteiger partial charge in [0.25, 0.3) is 0 Å². The first-order valence-corrected chi connectivity index (χ1v) is 15.8. The first-order chi connectivity index (χ1) is 18.7. The lowest BCUT2D eigenvalue weighted by atomic mass is 10.1. The van der Waals surface area contributed by atoms with E-state index in [4.69, 9.17) is 0 Å². The summed E-state index contributed by atoms with van der Waals surface area (Å²) in [5, 5.41) is 0. The molecule has 0 aliphatic heterocycles. The van der Waals surface area contributed by atoms with E-state index in [-0.39, 0.29) is 0 Å². The van der Waals surface area contributed by atoms with Crippen molar-refractivity contribution < 1.29 is 0 Å².